The van der Waals surface area contributed by atoms with Crippen LogP contribution in [0.5, 0.6) is 0 Å². The van der Waals surface area contributed by atoms with E-state index >= 15 is 0 Å². The Morgan fingerprint density at radius 3 is 2.50 bits per heavy atom. The molecule has 0 radical (unpaired) electrons. The van der Waals surface area contributed by atoms with Crippen LogP contribution >= 0.6 is 11.3 Å². The highest BCUT2D eigenvalue weighted by atomic mass is 32.1. The van der Waals surface area contributed by atoms with E-state index in [9.17, 15) is 14.4 Å². The van der Waals surface area contributed by atoms with Gasteiger partial charge in [-0.2, -0.15) is 0 Å². The average molecular weight is 294 g/mol. The fraction of sp³-hybridized carbons (Fsp3) is 0.385. The van der Waals surface area contributed by atoms with E-state index in [0.29, 0.717) is 23.7 Å². The zero-order valence-corrected chi connectivity index (χ0v) is 11.6. The van der Waals surface area contributed by atoms with Gasteiger partial charge < -0.3 is 10.4 Å². The number of ketones is 1. The molecule has 0 spiro atoms. The molecule has 2 rings (SSSR count). The molecule has 1 heterocycles. The molecule has 2 N–H and O–H groups in total. The molecule has 1 aromatic rings. The van der Waals surface area contributed by atoms with E-state index in [4.69, 9.17) is 5.11 Å². The van der Waals surface area contributed by atoms with Crippen LogP contribution < -0.4 is 5.32 Å². The number of nitrogens with zero attached hydrogens (tertiary/aromatic N) is 1. The number of carboxylic acid groups (broad SMARTS) is 1. The van der Waals surface area contributed by atoms with Crippen LogP contribution in [0, 0.1) is 11.8 Å². The van der Waals surface area contributed by atoms with Gasteiger partial charge in [-0.3, -0.25) is 14.4 Å². The monoisotopic (exact) mass is 294 g/mol. The average Bonchev–Trinajstić information content (AvgIpc) is 2.87. The van der Waals surface area contributed by atoms with Crippen molar-refractivity contribution >= 4 is 34.1 Å². The van der Waals surface area contributed by atoms with Crippen LogP contribution in [0.1, 0.15) is 30.3 Å². The number of allylic oxidation sites excluding steroid dienone is 2. The van der Waals surface area contributed by atoms with Crippen molar-refractivity contribution in [2.24, 2.45) is 11.8 Å². The zero-order chi connectivity index (χ0) is 14.7. The number of nitrogens with one attached hydrogen (secondary N) is 1. The summed E-state index contributed by atoms with van der Waals surface area (Å²) in [5.74, 6) is -2.84. The van der Waals surface area contributed by atoms with Gasteiger partial charge in [0.25, 0.3) is 0 Å². The third-order valence-electron chi connectivity index (χ3n) is 3.18. The number of Topliss-reactive ketones (excluding diaryl/α,β-unsaturated/α-hetero) is 1. The summed E-state index contributed by atoms with van der Waals surface area (Å²) >= 11 is 1.15. The van der Waals surface area contributed by atoms with E-state index in [1.165, 1.54) is 6.92 Å². The third kappa shape index (κ3) is 3.11. The van der Waals surface area contributed by atoms with Crippen molar-refractivity contribution in [1.82, 2.24) is 4.98 Å². The minimum atomic E-state index is -0.974. The number of hydrogen-bond acceptors (Lipinski definition) is 5. The quantitative estimate of drug-likeness (QED) is 0.653. The van der Waals surface area contributed by atoms with E-state index < -0.39 is 17.8 Å². The van der Waals surface area contributed by atoms with Crippen molar-refractivity contribution in [1.29, 1.82) is 0 Å². The minimum absolute atomic E-state index is 0.175. The molecule has 0 bridgehead atoms. The van der Waals surface area contributed by atoms with Gasteiger partial charge in [-0.25, -0.2) is 4.98 Å². The smallest absolute Gasteiger partial charge is 0.307 e. The van der Waals surface area contributed by atoms with Crippen LogP contribution in [-0.4, -0.2) is 27.8 Å². The zero-order valence-electron chi connectivity index (χ0n) is 10.8. The molecule has 0 aliphatic heterocycles. The highest BCUT2D eigenvalue weighted by molar-refractivity contribution is 7.14. The summed E-state index contributed by atoms with van der Waals surface area (Å²) in [6.45, 7) is 1.40. The number of aromatic nitrogens is 1. The molecule has 0 aromatic carbocycles. The Balaban J connectivity index is 2.08. The second kappa shape index (κ2) is 5.96. The van der Waals surface area contributed by atoms with Crippen molar-refractivity contribution < 1.29 is 19.5 Å². The third-order valence-corrected chi connectivity index (χ3v) is 3.94. The summed E-state index contributed by atoms with van der Waals surface area (Å²) in [5, 5.41) is 13.6. The Morgan fingerprint density at radius 1 is 1.30 bits per heavy atom. The maximum absolute atomic E-state index is 12.1. The van der Waals surface area contributed by atoms with Gasteiger partial charge in [0.1, 0.15) is 5.69 Å². The van der Waals surface area contributed by atoms with Crippen LogP contribution in [0.3, 0.4) is 0 Å². The van der Waals surface area contributed by atoms with Gasteiger partial charge in [-0.1, -0.05) is 12.2 Å². The van der Waals surface area contributed by atoms with Gasteiger partial charge in [0.05, 0.1) is 11.8 Å². The lowest BCUT2D eigenvalue weighted by Gasteiger charge is -2.23. The number of aliphatic carboxylic acids is 1. The molecule has 0 fully saturated rings. The number of carboxylic acids is 1. The highest BCUT2D eigenvalue weighted by Gasteiger charge is 2.34. The van der Waals surface area contributed by atoms with E-state index in [2.05, 4.69) is 10.3 Å². The Bertz CT molecular complexity index is 579. The first-order valence-corrected chi connectivity index (χ1v) is 7.02. The van der Waals surface area contributed by atoms with Crippen LogP contribution in [0.15, 0.2) is 17.5 Å². The summed E-state index contributed by atoms with van der Waals surface area (Å²) in [7, 11) is 0. The minimum Gasteiger partial charge on any atom is -0.481 e. The van der Waals surface area contributed by atoms with Crippen molar-refractivity contribution in [3.8, 4) is 0 Å². The van der Waals surface area contributed by atoms with Crippen LogP contribution in [0.25, 0.3) is 0 Å². The summed E-state index contributed by atoms with van der Waals surface area (Å²) in [6.07, 6.45) is 4.34. The molecule has 1 aromatic heterocycles. The first-order valence-electron chi connectivity index (χ1n) is 6.14. The Labute approximate surface area is 119 Å². The van der Waals surface area contributed by atoms with Crippen LogP contribution in [0.4, 0.5) is 5.13 Å². The second-order valence-electron chi connectivity index (χ2n) is 4.58. The Hall–Kier alpha value is -2.02. The fourth-order valence-corrected chi connectivity index (χ4v) is 2.82. The predicted octanol–water partition coefficient (Wildman–Crippen LogP) is 1.95. The lowest BCUT2D eigenvalue weighted by molar-refractivity contribution is -0.146. The first-order chi connectivity index (χ1) is 9.49. The molecule has 0 saturated heterocycles. The number of amides is 1. The van der Waals surface area contributed by atoms with Gasteiger partial charge in [-0.15, -0.1) is 11.3 Å². The summed E-state index contributed by atoms with van der Waals surface area (Å²) < 4.78 is 0. The summed E-state index contributed by atoms with van der Waals surface area (Å²) in [6, 6.07) is 0. The number of carbonyl (C=O) groups excluding carboxylic acids is 2. The topological polar surface area (TPSA) is 96.4 Å². The molecule has 1 amide bonds. The lowest BCUT2D eigenvalue weighted by atomic mass is 9.82. The van der Waals surface area contributed by atoms with Gasteiger partial charge >= 0.3 is 5.97 Å². The van der Waals surface area contributed by atoms with Gasteiger partial charge in [-0.05, 0) is 12.8 Å². The largest absolute Gasteiger partial charge is 0.481 e. The molecule has 0 saturated carbocycles. The molecule has 1 aliphatic rings. The number of anilines is 1. The van der Waals surface area contributed by atoms with Crippen molar-refractivity contribution in [2.45, 2.75) is 19.8 Å². The lowest BCUT2D eigenvalue weighted by Crippen LogP contribution is -2.34. The highest BCUT2D eigenvalue weighted by Crippen LogP contribution is 2.27. The fourth-order valence-electron chi connectivity index (χ4n) is 2.07. The number of hydrogen-bond donors (Lipinski definition) is 2. The van der Waals surface area contributed by atoms with E-state index in [0.717, 1.165) is 11.3 Å². The maximum atomic E-state index is 12.1. The Kier molecular flexibility index (Phi) is 4.29. The van der Waals surface area contributed by atoms with Gasteiger partial charge in [0, 0.05) is 12.3 Å². The first kappa shape index (κ1) is 14.4. The van der Waals surface area contributed by atoms with Crippen molar-refractivity contribution in [3.05, 3.63) is 23.2 Å². The van der Waals surface area contributed by atoms with E-state index in [1.54, 1.807) is 11.5 Å². The molecule has 20 heavy (non-hydrogen) atoms. The number of rotatable bonds is 4. The molecular weight excluding hydrogens is 280 g/mol. The van der Waals surface area contributed by atoms with Gasteiger partial charge in [0.2, 0.25) is 5.91 Å². The van der Waals surface area contributed by atoms with Crippen LogP contribution in [-0.2, 0) is 9.59 Å². The van der Waals surface area contributed by atoms with E-state index in [-0.39, 0.29) is 11.7 Å². The SMILES string of the molecule is CC(=O)c1csc(NC(=O)[C@@H]2CC=CC[C@@H]2C(=O)O)n1. The predicted molar refractivity (Wildman–Crippen MR) is 73.7 cm³/mol. The normalized spacial score (nSPS) is 21.4. The molecular formula is C13H14N2O4S. The number of carbonyl (C=O) groups is 3. The molecule has 7 heteroatoms. The second-order valence-corrected chi connectivity index (χ2v) is 5.44. The summed E-state index contributed by atoms with van der Waals surface area (Å²) in [4.78, 5) is 38.4. The Morgan fingerprint density at radius 2 is 1.95 bits per heavy atom. The van der Waals surface area contributed by atoms with Crippen molar-refractivity contribution in [2.75, 3.05) is 5.32 Å². The van der Waals surface area contributed by atoms with Crippen molar-refractivity contribution in [3.63, 3.8) is 0 Å². The summed E-state index contributed by atoms with van der Waals surface area (Å²) in [5.41, 5.74) is 0.295. The van der Waals surface area contributed by atoms with Gasteiger partial charge in [0.15, 0.2) is 10.9 Å². The molecule has 6 nitrogen and oxygen atoms in total. The molecule has 2 atom stereocenters. The molecule has 1 aliphatic carbocycles. The standard InChI is InChI=1S/C13H14N2O4S/c1-7(16)10-6-20-13(14-10)15-11(17)8-4-2-3-5-9(8)12(18)19/h2-3,6,8-9H,4-5H2,1H3,(H,18,19)(H,14,15,17)/t8-,9+/m1/s1. The van der Waals surface area contributed by atoms with E-state index in [1.807, 2.05) is 6.08 Å². The maximum Gasteiger partial charge on any atom is 0.307 e. The van der Waals surface area contributed by atoms with Crippen LogP contribution in [0.2, 0.25) is 0 Å². The molecule has 106 valence electrons. The molecule has 0 unspecified atom stereocenters. The number of thiazole rings is 1.